The van der Waals surface area contributed by atoms with Crippen molar-refractivity contribution in [1.82, 2.24) is 15.1 Å². The molecule has 2 fully saturated rings. The predicted octanol–water partition coefficient (Wildman–Crippen LogP) is 4.13. The molecule has 0 aromatic heterocycles. The first-order chi connectivity index (χ1) is 14.4. The van der Waals surface area contributed by atoms with E-state index in [-0.39, 0.29) is 22.9 Å². The van der Waals surface area contributed by atoms with Crippen LogP contribution >= 0.6 is 0 Å². The number of carbonyl (C=O) groups is 1. The maximum Gasteiger partial charge on any atom is 0.318 e. The summed E-state index contributed by atoms with van der Waals surface area (Å²) in [5.41, 5.74) is 1.44. The predicted molar refractivity (Wildman–Crippen MR) is 115 cm³/mol. The topological polar surface area (TPSA) is 44.8 Å². The highest BCUT2D eigenvalue weighted by molar-refractivity contribution is 5.78. The van der Waals surface area contributed by atoms with Gasteiger partial charge >= 0.3 is 6.03 Å². The first-order valence-electron chi connectivity index (χ1n) is 10.5. The number of nitrogens with zero attached hydrogens (tertiary/aromatic N) is 2. The number of hydrogen-bond donors (Lipinski definition) is 1. The Hall–Kier alpha value is -2.60. The van der Waals surface area contributed by atoms with Gasteiger partial charge in [0.05, 0.1) is 12.6 Å². The second-order valence-electron chi connectivity index (χ2n) is 8.88. The van der Waals surface area contributed by atoms with E-state index in [0.29, 0.717) is 13.1 Å². The van der Waals surface area contributed by atoms with Crippen LogP contribution in [-0.4, -0.2) is 49.1 Å². The third kappa shape index (κ3) is 3.76. The molecule has 30 heavy (non-hydrogen) atoms. The first-order valence-corrected chi connectivity index (χ1v) is 10.5. The van der Waals surface area contributed by atoms with Gasteiger partial charge in [-0.05, 0) is 75.2 Å². The third-order valence-corrected chi connectivity index (χ3v) is 6.78. The Morgan fingerprint density at radius 2 is 1.93 bits per heavy atom. The molecule has 1 saturated heterocycles. The van der Waals surface area contributed by atoms with Crippen molar-refractivity contribution in [3.63, 3.8) is 0 Å². The van der Waals surface area contributed by atoms with Crippen molar-refractivity contribution in [2.45, 2.75) is 43.3 Å². The summed E-state index contributed by atoms with van der Waals surface area (Å²) in [6.45, 7) is 1.22. The molecule has 0 bridgehead atoms. The van der Waals surface area contributed by atoms with Crippen LogP contribution in [0.4, 0.5) is 9.18 Å². The van der Waals surface area contributed by atoms with Crippen molar-refractivity contribution in [2.24, 2.45) is 0 Å². The highest BCUT2D eigenvalue weighted by atomic mass is 19.1. The lowest BCUT2D eigenvalue weighted by atomic mass is 9.67. The molecule has 2 aromatic carbocycles. The van der Waals surface area contributed by atoms with Crippen molar-refractivity contribution >= 4 is 6.03 Å². The molecule has 2 aromatic rings. The van der Waals surface area contributed by atoms with E-state index in [0.717, 1.165) is 42.6 Å². The highest BCUT2D eigenvalue weighted by Gasteiger charge is 2.52. The molecular formula is C24H30FN3O2. The summed E-state index contributed by atoms with van der Waals surface area (Å²) in [5.74, 6) is 0.587. The number of amides is 2. The van der Waals surface area contributed by atoms with Crippen molar-refractivity contribution in [3.8, 4) is 5.75 Å². The molecule has 1 N–H and O–H groups in total. The van der Waals surface area contributed by atoms with Gasteiger partial charge in [-0.1, -0.05) is 24.3 Å². The van der Waals surface area contributed by atoms with Gasteiger partial charge in [-0.25, -0.2) is 9.18 Å². The standard InChI is InChI=1S/C24H30FN3O2/c1-27(2)24(19-6-4-7-20(25)14-19)13-5-12-23(16-24)17-28(22(29)26-23)15-18-8-10-21(30-3)11-9-18/h4,6-11,14H,5,12-13,15-17H2,1-3H3,(H,26,29)/t23-,24+/m0/s1. The summed E-state index contributed by atoms with van der Waals surface area (Å²) < 4.78 is 19.3. The van der Waals surface area contributed by atoms with Crippen molar-refractivity contribution in [2.75, 3.05) is 27.7 Å². The average molecular weight is 412 g/mol. The van der Waals surface area contributed by atoms with E-state index in [1.54, 1.807) is 19.2 Å². The highest BCUT2D eigenvalue weighted by Crippen LogP contribution is 2.47. The molecule has 2 aliphatic rings. The van der Waals surface area contributed by atoms with Crippen LogP contribution in [0.2, 0.25) is 0 Å². The molecule has 0 radical (unpaired) electrons. The fourth-order valence-corrected chi connectivity index (χ4v) is 5.22. The fourth-order valence-electron chi connectivity index (χ4n) is 5.22. The number of benzene rings is 2. The second kappa shape index (κ2) is 7.91. The van der Waals surface area contributed by atoms with E-state index in [1.807, 2.05) is 35.2 Å². The van der Waals surface area contributed by atoms with Crippen LogP contribution in [0.15, 0.2) is 48.5 Å². The van der Waals surface area contributed by atoms with Gasteiger partial charge in [0.2, 0.25) is 0 Å². The zero-order chi connectivity index (χ0) is 21.4. The van der Waals surface area contributed by atoms with Crippen LogP contribution in [-0.2, 0) is 12.1 Å². The molecule has 2 atom stereocenters. The van der Waals surface area contributed by atoms with Crippen LogP contribution in [0.1, 0.15) is 36.8 Å². The minimum atomic E-state index is -0.307. The number of ether oxygens (including phenoxy) is 1. The lowest BCUT2D eigenvalue weighted by Crippen LogP contribution is -2.56. The maximum atomic E-state index is 14.0. The smallest absolute Gasteiger partial charge is 0.318 e. The Kier molecular flexibility index (Phi) is 5.45. The molecule has 4 rings (SSSR count). The zero-order valence-electron chi connectivity index (χ0n) is 18.0. The van der Waals surface area contributed by atoms with Gasteiger partial charge in [-0.15, -0.1) is 0 Å². The minimum absolute atomic E-state index is 0.0281. The van der Waals surface area contributed by atoms with E-state index in [4.69, 9.17) is 4.74 Å². The van der Waals surface area contributed by atoms with Gasteiger partial charge < -0.3 is 15.0 Å². The van der Waals surface area contributed by atoms with Crippen molar-refractivity contribution in [1.29, 1.82) is 0 Å². The molecule has 6 heteroatoms. The number of halogens is 1. The summed E-state index contributed by atoms with van der Waals surface area (Å²) in [6.07, 6.45) is 3.62. The number of methoxy groups -OCH3 is 1. The molecule has 0 unspecified atom stereocenters. The Bertz CT molecular complexity index is 917. The van der Waals surface area contributed by atoms with Crippen molar-refractivity contribution in [3.05, 3.63) is 65.5 Å². The number of hydrogen-bond acceptors (Lipinski definition) is 3. The SMILES string of the molecule is COc1ccc(CN2C[C@@]3(CCC[C@@](c4cccc(F)c4)(N(C)C)C3)NC2=O)cc1. The van der Waals surface area contributed by atoms with Gasteiger partial charge in [0.15, 0.2) is 0 Å². The molecule has 1 aliphatic carbocycles. The molecular weight excluding hydrogens is 381 g/mol. The van der Waals surface area contributed by atoms with Gasteiger partial charge in [0, 0.05) is 18.6 Å². The summed E-state index contributed by atoms with van der Waals surface area (Å²) in [7, 11) is 5.75. The van der Waals surface area contributed by atoms with E-state index in [9.17, 15) is 9.18 Å². The number of nitrogens with one attached hydrogen (secondary N) is 1. The van der Waals surface area contributed by atoms with Gasteiger partial charge in [0.25, 0.3) is 0 Å². The van der Waals surface area contributed by atoms with E-state index in [1.165, 1.54) is 6.07 Å². The van der Waals surface area contributed by atoms with Crippen LogP contribution < -0.4 is 10.1 Å². The Balaban J connectivity index is 1.57. The largest absolute Gasteiger partial charge is 0.497 e. The molecule has 1 heterocycles. The molecule has 1 aliphatic heterocycles. The maximum absolute atomic E-state index is 14.0. The van der Waals surface area contributed by atoms with E-state index >= 15 is 0 Å². The molecule has 2 amide bonds. The normalized spacial score (nSPS) is 26.3. The molecule has 160 valence electrons. The fraction of sp³-hybridized carbons (Fsp3) is 0.458. The number of rotatable bonds is 5. The molecule has 1 saturated carbocycles. The van der Waals surface area contributed by atoms with E-state index in [2.05, 4.69) is 24.3 Å². The van der Waals surface area contributed by atoms with E-state index < -0.39 is 0 Å². The van der Waals surface area contributed by atoms with Crippen LogP contribution in [0.5, 0.6) is 5.75 Å². The first kappa shape index (κ1) is 20.7. The zero-order valence-corrected chi connectivity index (χ0v) is 18.0. The molecule has 1 spiro atoms. The van der Waals surface area contributed by atoms with Crippen molar-refractivity contribution < 1.29 is 13.9 Å². The Labute approximate surface area is 177 Å². The summed E-state index contributed by atoms with van der Waals surface area (Å²) in [6, 6.07) is 14.7. The quantitative estimate of drug-likeness (QED) is 0.805. The molecule has 5 nitrogen and oxygen atoms in total. The van der Waals surface area contributed by atoms with Crippen LogP contribution in [0.3, 0.4) is 0 Å². The van der Waals surface area contributed by atoms with Gasteiger partial charge in [-0.3, -0.25) is 4.90 Å². The summed E-state index contributed by atoms with van der Waals surface area (Å²) in [5, 5.41) is 3.30. The summed E-state index contributed by atoms with van der Waals surface area (Å²) in [4.78, 5) is 16.9. The Morgan fingerprint density at radius 3 is 2.60 bits per heavy atom. The van der Waals surface area contributed by atoms with Crippen LogP contribution in [0, 0.1) is 5.82 Å². The average Bonchev–Trinajstić information content (AvgIpc) is 3.02. The van der Waals surface area contributed by atoms with Gasteiger partial charge in [0.1, 0.15) is 11.6 Å². The Morgan fingerprint density at radius 1 is 1.17 bits per heavy atom. The number of urea groups is 1. The minimum Gasteiger partial charge on any atom is -0.497 e. The monoisotopic (exact) mass is 411 g/mol. The van der Waals surface area contributed by atoms with Gasteiger partial charge in [-0.2, -0.15) is 0 Å². The number of carbonyl (C=O) groups excluding carboxylic acids is 1. The lowest BCUT2D eigenvalue weighted by molar-refractivity contribution is 0.0490. The third-order valence-electron chi connectivity index (χ3n) is 6.78. The van der Waals surface area contributed by atoms with Crippen LogP contribution in [0.25, 0.3) is 0 Å². The lowest BCUT2D eigenvalue weighted by Gasteiger charge is -2.50. The second-order valence-corrected chi connectivity index (χ2v) is 8.88. The summed E-state index contributed by atoms with van der Waals surface area (Å²) >= 11 is 0.